The lowest BCUT2D eigenvalue weighted by Crippen LogP contribution is -2.30. The maximum Gasteiger partial charge on any atom is 0.306 e. The van der Waals surface area contributed by atoms with Crippen LogP contribution in [0.25, 0.3) is 0 Å². The summed E-state index contributed by atoms with van der Waals surface area (Å²) in [5.74, 6) is 0.762. The maximum atomic E-state index is 12.8. The highest BCUT2D eigenvalue weighted by molar-refractivity contribution is 5.71. The van der Waals surface area contributed by atoms with Gasteiger partial charge in [0.15, 0.2) is 6.10 Å². The van der Waals surface area contributed by atoms with Crippen LogP contribution >= 0.6 is 0 Å². The van der Waals surface area contributed by atoms with E-state index >= 15 is 0 Å². The van der Waals surface area contributed by atoms with Gasteiger partial charge in [-0.05, 0) is 31.1 Å². The van der Waals surface area contributed by atoms with E-state index in [0.717, 1.165) is 69.6 Å². The molecule has 1 atom stereocenters. The fourth-order valence-corrected chi connectivity index (χ4v) is 7.81. The zero-order valence-corrected chi connectivity index (χ0v) is 39.7. The molecule has 0 rings (SSSR count). The van der Waals surface area contributed by atoms with Crippen molar-refractivity contribution >= 4 is 17.9 Å². The number of hydrogen-bond acceptors (Lipinski definition) is 6. The van der Waals surface area contributed by atoms with Crippen molar-refractivity contribution in [3.63, 3.8) is 0 Å². The van der Waals surface area contributed by atoms with Gasteiger partial charge in [0.25, 0.3) is 0 Å². The van der Waals surface area contributed by atoms with Gasteiger partial charge in [-0.2, -0.15) is 0 Å². The van der Waals surface area contributed by atoms with Crippen molar-refractivity contribution in [2.75, 3.05) is 13.2 Å². The van der Waals surface area contributed by atoms with Crippen LogP contribution in [-0.2, 0) is 28.6 Å². The molecule has 0 aliphatic rings. The first-order chi connectivity index (χ1) is 28.2. The van der Waals surface area contributed by atoms with Gasteiger partial charge < -0.3 is 14.2 Å². The van der Waals surface area contributed by atoms with Crippen molar-refractivity contribution in [1.29, 1.82) is 0 Å². The Kier molecular flexibility index (Phi) is 43.7. The van der Waals surface area contributed by atoms with Gasteiger partial charge in [-0.1, -0.05) is 247 Å². The van der Waals surface area contributed by atoms with Gasteiger partial charge in [-0.3, -0.25) is 14.4 Å². The number of hydrogen-bond donors (Lipinski definition) is 0. The van der Waals surface area contributed by atoms with Crippen LogP contribution in [0.5, 0.6) is 0 Å². The molecule has 0 aliphatic carbocycles. The lowest BCUT2D eigenvalue weighted by atomic mass is 10.0. The van der Waals surface area contributed by atoms with Crippen molar-refractivity contribution in [2.24, 2.45) is 11.8 Å². The van der Waals surface area contributed by atoms with E-state index in [1.54, 1.807) is 0 Å². The maximum absolute atomic E-state index is 12.8. The second kappa shape index (κ2) is 44.9. The molecule has 0 fully saturated rings. The van der Waals surface area contributed by atoms with E-state index in [1.165, 1.54) is 173 Å². The molecule has 0 radical (unpaired) electrons. The zero-order valence-electron chi connectivity index (χ0n) is 39.7. The highest BCUT2D eigenvalue weighted by atomic mass is 16.6. The van der Waals surface area contributed by atoms with Crippen LogP contribution in [0.15, 0.2) is 0 Å². The minimum Gasteiger partial charge on any atom is -0.462 e. The molecule has 6 heteroatoms. The third kappa shape index (κ3) is 45.5. The summed E-state index contributed by atoms with van der Waals surface area (Å²) in [5, 5.41) is 0. The molecule has 0 saturated heterocycles. The van der Waals surface area contributed by atoms with Gasteiger partial charge in [-0.15, -0.1) is 0 Å². The number of ether oxygens (including phenoxy) is 3. The highest BCUT2D eigenvalue weighted by Crippen LogP contribution is 2.17. The Morgan fingerprint density at radius 1 is 0.328 bits per heavy atom. The number of unbranched alkanes of at least 4 members (excludes halogenated alkanes) is 31. The summed E-state index contributed by atoms with van der Waals surface area (Å²) in [7, 11) is 0. The third-order valence-corrected chi connectivity index (χ3v) is 11.7. The van der Waals surface area contributed by atoms with Gasteiger partial charge in [0.05, 0.1) is 0 Å². The highest BCUT2D eigenvalue weighted by Gasteiger charge is 2.19. The molecule has 0 N–H and O–H groups in total. The average Bonchev–Trinajstić information content (AvgIpc) is 3.19. The van der Waals surface area contributed by atoms with Crippen LogP contribution in [0, 0.1) is 11.8 Å². The summed E-state index contributed by atoms with van der Waals surface area (Å²) < 4.78 is 16.8. The van der Waals surface area contributed by atoms with Crippen LogP contribution in [0.4, 0.5) is 0 Å². The predicted molar refractivity (Wildman–Crippen MR) is 247 cm³/mol. The van der Waals surface area contributed by atoms with E-state index in [2.05, 4.69) is 34.6 Å². The largest absolute Gasteiger partial charge is 0.462 e. The monoisotopic (exact) mass is 821 g/mol. The van der Waals surface area contributed by atoms with E-state index in [0.29, 0.717) is 19.3 Å². The molecule has 0 saturated carbocycles. The van der Waals surface area contributed by atoms with Crippen molar-refractivity contribution in [3.8, 4) is 0 Å². The normalized spacial score (nSPS) is 12.1. The molecule has 0 aromatic carbocycles. The van der Waals surface area contributed by atoms with Gasteiger partial charge in [-0.25, -0.2) is 0 Å². The first-order valence-corrected chi connectivity index (χ1v) is 25.7. The Labute approximate surface area is 361 Å². The first-order valence-electron chi connectivity index (χ1n) is 25.7. The summed E-state index contributed by atoms with van der Waals surface area (Å²) in [5.41, 5.74) is 0. The topological polar surface area (TPSA) is 78.9 Å². The molecule has 0 amide bonds. The SMILES string of the molecule is CCCCCCCCCCCCCCCCCC(=O)OC[C@@H](COC(=O)CCCCCCCCCC(C)C)OC(=O)CCCCCCCCCCCCCCC(C)C. The minimum atomic E-state index is -0.762. The molecule has 0 heterocycles. The van der Waals surface area contributed by atoms with Crippen molar-refractivity contribution in [3.05, 3.63) is 0 Å². The Morgan fingerprint density at radius 2 is 0.569 bits per heavy atom. The summed E-state index contributed by atoms with van der Waals surface area (Å²) in [6.07, 6.45) is 45.2. The van der Waals surface area contributed by atoms with Crippen LogP contribution < -0.4 is 0 Å². The molecule has 0 aromatic heterocycles. The molecule has 58 heavy (non-hydrogen) atoms. The second-order valence-corrected chi connectivity index (χ2v) is 18.8. The molecule has 0 aliphatic heterocycles. The van der Waals surface area contributed by atoms with E-state index in [-0.39, 0.29) is 31.1 Å². The molecule has 0 unspecified atom stereocenters. The first kappa shape index (κ1) is 56.4. The molecule has 6 nitrogen and oxygen atoms in total. The molecular formula is C52H100O6. The van der Waals surface area contributed by atoms with E-state index in [1.807, 2.05) is 0 Å². The summed E-state index contributed by atoms with van der Waals surface area (Å²) >= 11 is 0. The smallest absolute Gasteiger partial charge is 0.306 e. The lowest BCUT2D eigenvalue weighted by Gasteiger charge is -2.18. The molecular weight excluding hydrogens is 721 g/mol. The second-order valence-electron chi connectivity index (χ2n) is 18.8. The fraction of sp³-hybridized carbons (Fsp3) is 0.942. The molecule has 344 valence electrons. The van der Waals surface area contributed by atoms with Gasteiger partial charge >= 0.3 is 17.9 Å². The fourth-order valence-electron chi connectivity index (χ4n) is 7.81. The third-order valence-electron chi connectivity index (χ3n) is 11.7. The average molecular weight is 821 g/mol. The van der Waals surface area contributed by atoms with E-state index in [4.69, 9.17) is 14.2 Å². The van der Waals surface area contributed by atoms with Gasteiger partial charge in [0, 0.05) is 19.3 Å². The molecule has 0 aromatic rings. The number of esters is 3. The van der Waals surface area contributed by atoms with Crippen molar-refractivity contribution < 1.29 is 28.6 Å². The number of carbonyl (C=O) groups is 3. The summed E-state index contributed by atoms with van der Waals surface area (Å²) in [6, 6.07) is 0. The lowest BCUT2D eigenvalue weighted by molar-refractivity contribution is -0.167. The van der Waals surface area contributed by atoms with Crippen LogP contribution in [-0.4, -0.2) is 37.2 Å². The Morgan fingerprint density at radius 3 is 0.845 bits per heavy atom. The Hall–Kier alpha value is -1.59. The van der Waals surface area contributed by atoms with E-state index < -0.39 is 6.10 Å². The Bertz CT molecular complexity index is 885. The quantitative estimate of drug-likeness (QED) is 0.0346. The Balaban J connectivity index is 4.29. The van der Waals surface area contributed by atoms with Crippen LogP contribution in [0.3, 0.4) is 0 Å². The van der Waals surface area contributed by atoms with Gasteiger partial charge in [0.1, 0.15) is 13.2 Å². The van der Waals surface area contributed by atoms with Crippen molar-refractivity contribution in [2.45, 2.75) is 291 Å². The van der Waals surface area contributed by atoms with E-state index in [9.17, 15) is 14.4 Å². The van der Waals surface area contributed by atoms with Crippen molar-refractivity contribution in [1.82, 2.24) is 0 Å². The van der Waals surface area contributed by atoms with Crippen LogP contribution in [0.1, 0.15) is 285 Å². The molecule has 0 bridgehead atoms. The predicted octanol–water partition coefficient (Wildman–Crippen LogP) is 16.5. The summed E-state index contributed by atoms with van der Waals surface area (Å²) in [4.78, 5) is 37.9. The minimum absolute atomic E-state index is 0.0641. The standard InChI is InChI=1S/C52H100O6/c1-6-7-8-9-10-11-12-13-14-15-19-22-27-32-37-42-50(53)56-45-49(46-57-51(54)43-38-33-29-24-26-31-36-41-48(4)5)58-52(55)44-39-34-28-23-20-17-16-18-21-25-30-35-40-47(2)3/h47-49H,6-46H2,1-5H3/t49-/m0/s1. The zero-order chi connectivity index (χ0) is 42.6. The number of carbonyl (C=O) groups excluding carboxylic acids is 3. The number of rotatable bonds is 46. The van der Waals surface area contributed by atoms with Gasteiger partial charge in [0.2, 0.25) is 0 Å². The summed E-state index contributed by atoms with van der Waals surface area (Å²) in [6.45, 7) is 11.3. The molecule has 0 spiro atoms. The van der Waals surface area contributed by atoms with Crippen LogP contribution in [0.2, 0.25) is 0 Å².